The van der Waals surface area contributed by atoms with Crippen molar-refractivity contribution >= 4 is 23.2 Å². The third-order valence-corrected chi connectivity index (χ3v) is 3.16. The standard InChI is InChI=1S/C12H14ClNO2/c1-7-5-9(7)12(15)14-8-3-4-11(16-2)10(13)6-8/h3-4,6-7,9H,5H2,1-2H3,(H,14,15)/t7-,9+/m1/s1. The van der Waals surface area contributed by atoms with Crippen LogP contribution in [0.15, 0.2) is 18.2 Å². The topological polar surface area (TPSA) is 38.3 Å². The minimum absolute atomic E-state index is 0.0775. The molecule has 2 rings (SSSR count). The zero-order chi connectivity index (χ0) is 11.7. The highest BCUT2D eigenvalue weighted by Gasteiger charge is 2.39. The van der Waals surface area contributed by atoms with Crippen LogP contribution in [0.4, 0.5) is 5.69 Å². The number of ether oxygens (including phenoxy) is 1. The molecule has 2 atom stereocenters. The van der Waals surface area contributed by atoms with Gasteiger partial charge in [-0.05, 0) is 30.5 Å². The van der Waals surface area contributed by atoms with E-state index in [4.69, 9.17) is 16.3 Å². The fourth-order valence-electron chi connectivity index (χ4n) is 1.67. The van der Waals surface area contributed by atoms with Gasteiger partial charge in [0.15, 0.2) is 0 Å². The van der Waals surface area contributed by atoms with Crippen molar-refractivity contribution in [1.29, 1.82) is 0 Å². The van der Waals surface area contributed by atoms with Crippen LogP contribution >= 0.6 is 11.6 Å². The van der Waals surface area contributed by atoms with Gasteiger partial charge in [-0.1, -0.05) is 18.5 Å². The minimum Gasteiger partial charge on any atom is -0.495 e. The minimum atomic E-state index is 0.0775. The summed E-state index contributed by atoms with van der Waals surface area (Å²) in [4.78, 5) is 11.7. The maximum absolute atomic E-state index is 11.7. The first-order valence-corrected chi connectivity index (χ1v) is 5.64. The maximum atomic E-state index is 11.7. The van der Waals surface area contributed by atoms with E-state index in [-0.39, 0.29) is 11.8 Å². The third kappa shape index (κ3) is 2.30. The van der Waals surface area contributed by atoms with E-state index in [1.54, 1.807) is 25.3 Å². The Morgan fingerprint density at radius 1 is 1.56 bits per heavy atom. The van der Waals surface area contributed by atoms with Crippen molar-refractivity contribution < 1.29 is 9.53 Å². The second-order valence-corrected chi connectivity index (χ2v) is 4.57. The smallest absolute Gasteiger partial charge is 0.227 e. The lowest BCUT2D eigenvalue weighted by Gasteiger charge is -2.07. The summed E-state index contributed by atoms with van der Waals surface area (Å²) in [5.41, 5.74) is 0.718. The molecule has 1 aromatic carbocycles. The molecule has 0 aliphatic heterocycles. The van der Waals surface area contributed by atoms with Crippen molar-refractivity contribution in [2.24, 2.45) is 11.8 Å². The van der Waals surface area contributed by atoms with Crippen molar-refractivity contribution in [2.45, 2.75) is 13.3 Å². The van der Waals surface area contributed by atoms with Gasteiger partial charge in [0.25, 0.3) is 0 Å². The van der Waals surface area contributed by atoms with Crippen LogP contribution in [0.1, 0.15) is 13.3 Å². The second kappa shape index (κ2) is 4.34. The number of anilines is 1. The zero-order valence-electron chi connectivity index (χ0n) is 9.29. The van der Waals surface area contributed by atoms with E-state index in [1.165, 1.54) is 0 Å². The number of methoxy groups -OCH3 is 1. The Morgan fingerprint density at radius 3 is 2.75 bits per heavy atom. The molecule has 1 fully saturated rings. The molecule has 0 radical (unpaired) electrons. The van der Waals surface area contributed by atoms with E-state index < -0.39 is 0 Å². The number of nitrogens with one attached hydrogen (secondary N) is 1. The molecule has 16 heavy (non-hydrogen) atoms. The molecule has 4 heteroatoms. The molecule has 1 N–H and O–H groups in total. The van der Waals surface area contributed by atoms with Gasteiger partial charge in [0, 0.05) is 11.6 Å². The van der Waals surface area contributed by atoms with Crippen LogP contribution in [-0.4, -0.2) is 13.0 Å². The summed E-state index contributed by atoms with van der Waals surface area (Å²) in [7, 11) is 1.56. The molecular formula is C12H14ClNO2. The average Bonchev–Trinajstić information content (AvgIpc) is 2.96. The fraction of sp³-hybridized carbons (Fsp3) is 0.417. The summed E-state index contributed by atoms with van der Waals surface area (Å²) >= 11 is 5.96. The molecular weight excluding hydrogens is 226 g/mol. The molecule has 0 heterocycles. The number of carbonyl (C=O) groups excluding carboxylic acids is 1. The quantitative estimate of drug-likeness (QED) is 0.881. The van der Waals surface area contributed by atoms with E-state index in [1.807, 2.05) is 0 Å². The van der Waals surface area contributed by atoms with Gasteiger partial charge in [0.1, 0.15) is 5.75 Å². The largest absolute Gasteiger partial charge is 0.495 e. The summed E-state index contributed by atoms with van der Waals surface area (Å²) in [6, 6.07) is 5.23. The second-order valence-electron chi connectivity index (χ2n) is 4.16. The van der Waals surface area contributed by atoms with Gasteiger partial charge in [0.05, 0.1) is 12.1 Å². The molecule has 0 spiro atoms. The van der Waals surface area contributed by atoms with Gasteiger partial charge < -0.3 is 10.1 Å². The summed E-state index contributed by atoms with van der Waals surface area (Å²) in [5.74, 6) is 1.36. The van der Waals surface area contributed by atoms with Crippen LogP contribution in [0, 0.1) is 11.8 Å². The van der Waals surface area contributed by atoms with Crippen LogP contribution in [0.25, 0.3) is 0 Å². The lowest BCUT2D eigenvalue weighted by Crippen LogP contribution is -2.14. The number of amides is 1. The van der Waals surface area contributed by atoms with Crippen LogP contribution in [0.3, 0.4) is 0 Å². The predicted octanol–water partition coefficient (Wildman–Crippen LogP) is 2.94. The number of hydrogen-bond acceptors (Lipinski definition) is 2. The Morgan fingerprint density at radius 2 is 2.25 bits per heavy atom. The fourth-order valence-corrected chi connectivity index (χ4v) is 1.92. The van der Waals surface area contributed by atoms with Gasteiger partial charge in [0.2, 0.25) is 5.91 Å². The van der Waals surface area contributed by atoms with Crippen molar-refractivity contribution in [1.82, 2.24) is 0 Å². The molecule has 0 bridgehead atoms. The Kier molecular flexibility index (Phi) is 3.06. The predicted molar refractivity (Wildman–Crippen MR) is 63.9 cm³/mol. The first-order chi connectivity index (χ1) is 7.61. The van der Waals surface area contributed by atoms with E-state index in [9.17, 15) is 4.79 Å². The molecule has 1 aliphatic rings. The van der Waals surface area contributed by atoms with Gasteiger partial charge >= 0.3 is 0 Å². The molecule has 1 aliphatic carbocycles. The number of hydrogen-bond donors (Lipinski definition) is 1. The Hall–Kier alpha value is -1.22. The lowest BCUT2D eigenvalue weighted by atomic mass is 10.2. The zero-order valence-corrected chi connectivity index (χ0v) is 10.0. The van der Waals surface area contributed by atoms with Crippen LogP contribution in [0.5, 0.6) is 5.75 Å². The molecule has 0 aromatic heterocycles. The highest BCUT2D eigenvalue weighted by Crippen LogP contribution is 2.38. The van der Waals surface area contributed by atoms with E-state index >= 15 is 0 Å². The van der Waals surface area contributed by atoms with Crippen LogP contribution < -0.4 is 10.1 Å². The van der Waals surface area contributed by atoms with Gasteiger partial charge in [-0.2, -0.15) is 0 Å². The van der Waals surface area contributed by atoms with Gasteiger partial charge in [-0.15, -0.1) is 0 Å². The summed E-state index contributed by atoms with van der Waals surface area (Å²) in [5, 5.41) is 3.35. The lowest BCUT2D eigenvalue weighted by molar-refractivity contribution is -0.117. The molecule has 0 unspecified atom stereocenters. The molecule has 3 nitrogen and oxygen atoms in total. The van der Waals surface area contributed by atoms with E-state index in [0.717, 1.165) is 12.1 Å². The van der Waals surface area contributed by atoms with E-state index in [0.29, 0.717) is 16.7 Å². The highest BCUT2D eigenvalue weighted by molar-refractivity contribution is 6.32. The number of halogens is 1. The van der Waals surface area contributed by atoms with Crippen LogP contribution in [0.2, 0.25) is 5.02 Å². The SMILES string of the molecule is COc1ccc(NC(=O)[C@H]2C[C@H]2C)cc1Cl. The van der Waals surface area contributed by atoms with Crippen LogP contribution in [-0.2, 0) is 4.79 Å². The Balaban J connectivity index is 2.04. The third-order valence-electron chi connectivity index (χ3n) is 2.87. The average molecular weight is 240 g/mol. The highest BCUT2D eigenvalue weighted by atomic mass is 35.5. The van der Waals surface area contributed by atoms with Crippen molar-refractivity contribution in [2.75, 3.05) is 12.4 Å². The summed E-state index contributed by atoms with van der Waals surface area (Å²) < 4.78 is 5.04. The molecule has 1 saturated carbocycles. The van der Waals surface area contributed by atoms with Gasteiger partial charge in [-0.25, -0.2) is 0 Å². The maximum Gasteiger partial charge on any atom is 0.227 e. The monoisotopic (exact) mass is 239 g/mol. The van der Waals surface area contributed by atoms with Gasteiger partial charge in [-0.3, -0.25) is 4.79 Å². The first kappa shape index (κ1) is 11.3. The Labute approximate surface area is 99.7 Å². The number of rotatable bonds is 3. The molecule has 1 aromatic rings. The van der Waals surface area contributed by atoms with E-state index in [2.05, 4.69) is 12.2 Å². The number of carbonyl (C=O) groups is 1. The number of benzene rings is 1. The first-order valence-electron chi connectivity index (χ1n) is 5.26. The normalized spacial score (nSPS) is 22.7. The van der Waals surface area contributed by atoms with Crippen molar-refractivity contribution in [3.63, 3.8) is 0 Å². The summed E-state index contributed by atoms with van der Waals surface area (Å²) in [6.07, 6.45) is 0.982. The molecule has 0 saturated heterocycles. The van der Waals surface area contributed by atoms with Crippen molar-refractivity contribution in [3.8, 4) is 5.75 Å². The summed E-state index contributed by atoms with van der Waals surface area (Å²) in [6.45, 7) is 2.07. The molecule has 86 valence electrons. The Bertz CT molecular complexity index is 419. The van der Waals surface area contributed by atoms with Crippen molar-refractivity contribution in [3.05, 3.63) is 23.2 Å². The molecule has 1 amide bonds.